The fourth-order valence-electron chi connectivity index (χ4n) is 5.42. The normalized spacial score (nSPS) is 26.4. The van der Waals surface area contributed by atoms with Gasteiger partial charge < -0.3 is 19.2 Å². The van der Waals surface area contributed by atoms with Gasteiger partial charge in [-0.2, -0.15) is 0 Å². The SMILES string of the molecule is COC(=O)[C@@H]1C(=O)C2=C(C[C@H]1C)NC(C)=C(C(=O)OC1CCCCCC1)[C@@H]2c1ccc(C)o1. The number of furan rings is 1. The van der Waals surface area contributed by atoms with E-state index in [1.165, 1.54) is 7.11 Å². The third kappa shape index (κ3) is 4.50. The van der Waals surface area contributed by atoms with Crippen molar-refractivity contribution in [2.75, 3.05) is 7.11 Å². The van der Waals surface area contributed by atoms with Gasteiger partial charge in [-0.25, -0.2) is 4.79 Å². The number of aryl methyl sites for hydroxylation is 1. The minimum absolute atomic E-state index is 0.125. The molecule has 0 saturated heterocycles. The number of rotatable bonds is 4. The summed E-state index contributed by atoms with van der Waals surface area (Å²) in [4.78, 5) is 39.6. The van der Waals surface area contributed by atoms with Crippen LogP contribution in [0.25, 0.3) is 0 Å². The van der Waals surface area contributed by atoms with E-state index < -0.39 is 23.8 Å². The van der Waals surface area contributed by atoms with E-state index in [0.29, 0.717) is 34.8 Å². The summed E-state index contributed by atoms with van der Waals surface area (Å²) in [5.74, 6) is -1.98. The smallest absolute Gasteiger partial charge is 0.337 e. The van der Waals surface area contributed by atoms with Crippen LogP contribution in [0.1, 0.15) is 76.2 Å². The number of nitrogens with one attached hydrogen (secondary N) is 1. The van der Waals surface area contributed by atoms with Gasteiger partial charge in [0.05, 0.1) is 18.6 Å². The number of hydrogen-bond acceptors (Lipinski definition) is 7. The molecule has 178 valence electrons. The van der Waals surface area contributed by atoms with E-state index >= 15 is 0 Å². The summed E-state index contributed by atoms with van der Waals surface area (Å²) < 4.78 is 16.8. The van der Waals surface area contributed by atoms with Gasteiger partial charge >= 0.3 is 11.9 Å². The molecule has 0 spiro atoms. The van der Waals surface area contributed by atoms with Crippen molar-refractivity contribution in [3.05, 3.63) is 46.2 Å². The third-order valence-corrected chi connectivity index (χ3v) is 7.08. The van der Waals surface area contributed by atoms with Crippen molar-refractivity contribution in [3.63, 3.8) is 0 Å². The second kappa shape index (κ2) is 9.57. The van der Waals surface area contributed by atoms with E-state index in [0.717, 1.165) is 44.2 Å². The molecular weight excluding hydrogens is 422 g/mol. The number of hydrogen-bond donors (Lipinski definition) is 1. The first-order valence-corrected chi connectivity index (χ1v) is 11.9. The number of dihydropyridines is 1. The van der Waals surface area contributed by atoms with Gasteiger partial charge in [0.15, 0.2) is 5.78 Å². The molecule has 2 heterocycles. The van der Waals surface area contributed by atoms with Gasteiger partial charge in [0, 0.05) is 17.0 Å². The van der Waals surface area contributed by atoms with Crippen LogP contribution >= 0.6 is 0 Å². The van der Waals surface area contributed by atoms with Crippen molar-refractivity contribution in [3.8, 4) is 0 Å². The molecule has 1 saturated carbocycles. The molecule has 7 nitrogen and oxygen atoms in total. The van der Waals surface area contributed by atoms with E-state index in [4.69, 9.17) is 13.9 Å². The number of ketones is 1. The van der Waals surface area contributed by atoms with E-state index in [-0.39, 0.29) is 17.8 Å². The highest BCUT2D eigenvalue weighted by atomic mass is 16.5. The number of Topliss-reactive ketones (excluding diaryl/α,β-unsaturated/α-hetero) is 1. The van der Waals surface area contributed by atoms with Gasteiger partial charge in [0.2, 0.25) is 0 Å². The van der Waals surface area contributed by atoms with Crippen molar-refractivity contribution < 1.29 is 28.3 Å². The lowest BCUT2D eigenvalue weighted by molar-refractivity contribution is -0.151. The molecule has 0 radical (unpaired) electrons. The van der Waals surface area contributed by atoms with E-state index in [9.17, 15) is 14.4 Å². The first-order chi connectivity index (χ1) is 15.8. The summed E-state index contributed by atoms with van der Waals surface area (Å²) in [6.45, 7) is 5.52. The van der Waals surface area contributed by atoms with Crippen LogP contribution in [0.3, 0.4) is 0 Å². The summed E-state index contributed by atoms with van der Waals surface area (Å²) in [7, 11) is 1.29. The summed E-state index contributed by atoms with van der Waals surface area (Å²) >= 11 is 0. The molecule has 1 aromatic heterocycles. The van der Waals surface area contributed by atoms with E-state index in [2.05, 4.69) is 5.32 Å². The van der Waals surface area contributed by atoms with Crippen LogP contribution in [0.4, 0.5) is 0 Å². The molecule has 1 fully saturated rings. The van der Waals surface area contributed by atoms with E-state index in [1.54, 1.807) is 6.07 Å². The average Bonchev–Trinajstić information content (AvgIpc) is 3.03. The molecule has 0 aromatic carbocycles. The van der Waals surface area contributed by atoms with Crippen LogP contribution in [-0.2, 0) is 23.9 Å². The maximum Gasteiger partial charge on any atom is 0.337 e. The molecule has 7 heteroatoms. The lowest BCUT2D eigenvalue weighted by atomic mass is 9.70. The molecule has 3 aliphatic rings. The Bertz CT molecular complexity index is 1010. The summed E-state index contributed by atoms with van der Waals surface area (Å²) in [5, 5.41) is 3.29. The van der Waals surface area contributed by atoms with Crippen LogP contribution < -0.4 is 5.32 Å². The van der Waals surface area contributed by atoms with Crippen LogP contribution in [0.15, 0.2) is 39.1 Å². The minimum atomic E-state index is -0.911. The number of esters is 2. The molecular formula is C26H33NO6. The standard InChI is InChI=1S/C26H33NO6/c1-14-13-18-22(24(28)20(14)25(29)31-4)23(19-12-11-15(2)32-19)21(16(3)27-18)26(30)33-17-9-7-5-6-8-10-17/h11-12,14,17,20,23,27H,5-10,13H2,1-4H3/t14-,20+,23+/m1/s1. The third-order valence-electron chi connectivity index (χ3n) is 7.08. The van der Waals surface area contributed by atoms with Gasteiger partial charge in [0.25, 0.3) is 0 Å². The molecule has 2 aliphatic carbocycles. The number of ether oxygens (including phenoxy) is 2. The van der Waals surface area contributed by atoms with Crippen LogP contribution in [0.2, 0.25) is 0 Å². The topological polar surface area (TPSA) is 94.8 Å². The van der Waals surface area contributed by atoms with Crippen molar-refractivity contribution in [2.24, 2.45) is 11.8 Å². The quantitative estimate of drug-likeness (QED) is 0.407. The Morgan fingerprint density at radius 2 is 1.79 bits per heavy atom. The Balaban J connectivity index is 1.74. The minimum Gasteiger partial charge on any atom is -0.468 e. The van der Waals surface area contributed by atoms with Gasteiger partial charge in [-0.1, -0.05) is 19.8 Å². The monoisotopic (exact) mass is 455 g/mol. The molecule has 0 bridgehead atoms. The summed E-state index contributed by atoms with van der Waals surface area (Å²) in [5.41, 5.74) is 2.16. The maximum absolute atomic E-state index is 13.7. The Hall–Kier alpha value is -2.83. The summed E-state index contributed by atoms with van der Waals surface area (Å²) in [6, 6.07) is 3.61. The Morgan fingerprint density at radius 1 is 1.09 bits per heavy atom. The van der Waals surface area contributed by atoms with Crippen LogP contribution in [0, 0.1) is 18.8 Å². The zero-order chi connectivity index (χ0) is 23.7. The van der Waals surface area contributed by atoms with E-state index in [1.807, 2.05) is 26.8 Å². The average molecular weight is 456 g/mol. The van der Waals surface area contributed by atoms with Crippen molar-refractivity contribution in [2.45, 2.75) is 77.7 Å². The maximum atomic E-state index is 13.7. The Morgan fingerprint density at radius 3 is 2.39 bits per heavy atom. The number of methoxy groups -OCH3 is 1. The fourth-order valence-corrected chi connectivity index (χ4v) is 5.42. The lowest BCUT2D eigenvalue weighted by Crippen LogP contribution is -2.43. The van der Waals surface area contributed by atoms with Crippen molar-refractivity contribution >= 4 is 17.7 Å². The molecule has 1 aromatic rings. The molecule has 1 N–H and O–H groups in total. The zero-order valence-corrected chi connectivity index (χ0v) is 19.9. The molecule has 33 heavy (non-hydrogen) atoms. The van der Waals surface area contributed by atoms with Gasteiger partial charge in [-0.15, -0.1) is 0 Å². The predicted octanol–water partition coefficient (Wildman–Crippen LogP) is 4.47. The number of carbonyl (C=O) groups is 3. The molecule has 0 amide bonds. The van der Waals surface area contributed by atoms with Crippen molar-refractivity contribution in [1.29, 1.82) is 0 Å². The zero-order valence-electron chi connectivity index (χ0n) is 19.9. The summed E-state index contributed by atoms with van der Waals surface area (Å²) in [6.07, 6.45) is 6.48. The Labute approximate surface area is 194 Å². The second-order valence-electron chi connectivity index (χ2n) is 9.50. The molecule has 0 unspecified atom stereocenters. The highest BCUT2D eigenvalue weighted by Crippen LogP contribution is 2.46. The van der Waals surface area contributed by atoms with Crippen LogP contribution in [0.5, 0.6) is 0 Å². The fraction of sp³-hybridized carbons (Fsp3) is 0.577. The van der Waals surface area contributed by atoms with Crippen LogP contribution in [-0.4, -0.2) is 30.9 Å². The highest BCUT2D eigenvalue weighted by Gasteiger charge is 2.48. The largest absolute Gasteiger partial charge is 0.468 e. The molecule has 3 atom stereocenters. The molecule has 4 rings (SSSR count). The van der Waals surface area contributed by atoms with Gasteiger partial charge in [0.1, 0.15) is 23.5 Å². The van der Waals surface area contributed by atoms with Gasteiger partial charge in [-0.3, -0.25) is 9.59 Å². The highest BCUT2D eigenvalue weighted by molar-refractivity contribution is 6.12. The number of carbonyl (C=O) groups excluding carboxylic acids is 3. The lowest BCUT2D eigenvalue weighted by Gasteiger charge is -2.37. The first kappa shape index (κ1) is 23.3. The second-order valence-corrected chi connectivity index (χ2v) is 9.50. The van der Waals surface area contributed by atoms with Crippen molar-refractivity contribution in [1.82, 2.24) is 5.32 Å². The predicted molar refractivity (Wildman–Crippen MR) is 121 cm³/mol. The molecule has 1 aliphatic heterocycles. The number of allylic oxidation sites excluding steroid dienone is 3. The first-order valence-electron chi connectivity index (χ1n) is 11.9. The Kier molecular flexibility index (Phi) is 6.77. The van der Waals surface area contributed by atoms with Gasteiger partial charge in [-0.05, 0) is 64.0 Å².